The van der Waals surface area contributed by atoms with E-state index in [0.717, 1.165) is 13.0 Å². The summed E-state index contributed by atoms with van der Waals surface area (Å²) in [6.07, 6.45) is 0.793. The molecule has 1 amide bonds. The van der Waals surface area contributed by atoms with Crippen molar-refractivity contribution in [3.63, 3.8) is 0 Å². The molecule has 2 aliphatic rings. The van der Waals surface area contributed by atoms with Crippen molar-refractivity contribution < 1.29 is 19.4 Å². The molecule has 3 atom stereocenters. The second-order valence-corrected chi connectivity index (χ2v) is 5.80. The Balaban J connectivity index is 2.05. The fourth-order valence-corrected chi connectivity index (χ4v) is 2.91. The summed E-state index contributed by atoms with van der Waals surface area (Å²) in [6.45, 7) is 6.01. The van der Waals surface area contributed by atoms with E-state index in [2.05, 4.69) is 10.6 Å². The van der Waals surface area contributed by atoms with E-state index >= 15 is 0 Å². The zero-order valence-corrected chi connectivity index (χ0v) is 11.4. The van der Waals surface area contributed by atoms with Gasteiger partial charge in [-0.25, -0.2) is 0 Å². The molecule has 0 aromatic heterocycles. The number of hydrogen-bond donors (Lipinski definition) is 3. The Morgan fingerprint density at radius 3 is 2.68 bits per heavy atom. The first-order valence-electron chi connectivity index (χ1n) is 6.79. The van der Waals surface area contributed by atoms with Crippen LogP contribution in [0.15, 0.2) is 0 Å². The number of carboxylic acid groups (broad SMARTS) is 1. The largest absolute Gasteiger partial charge is 0.481 e. The Morgan fingerprint density at radius 1 is 1.42 bits per heavy atom. The molecule has 0 radical (unpaired) electrons. The van der Waals surface area contributed by atoms with Gasteiger partial charge in [-0.2, -0.15) is 0 Å². The van der Waals surface area contributed by atoms with Crippen LogP contribution in [-0.4, -0.2) is 49.3 Å². The third-order valence-corrected chi connectivity index (χ3v) is 4.46. The molecule has 0 aliphatic carbocycles. The van der Waals surface area contributed by atoms with Crippen LogP contribution in [0.1, 0.15) is 20.3 Å². The SMILES string of the molecule is CC(C)C1(C(=O)NC2COCC2C(=O)O)CCNC1. The predicted octanol–water partition coefficient (Wildman–Crippen LogP) is -0.162. The van der Waals surface area contributed by atoms with Crippen LogP contribution in [0.5, 0.6) is 0 Å². The van der Waals surface area contributed by atoms with Gasteiger partial charge in [0.15, 0.2) is 0 Å². The van der Waals surface area contributed by atoms with Gasteiger partial charge in [-0.3, -0.25) is 9.59 Å². The van der Waals surface area contributed by atoms with Crippen LogP contribution in [0, 0.1) is 17.3 Å². The maximum atomic E-state index is 12.5. The Hall–Kier alpha value is -1.14. The smallest absolute Gasteiger partial charge is 0.311 e. The molecule has 0 spiro atoms. The summed E-state index contributed by atoms with van der Waals surface area (Å²) in [4.78, 5) is 23.6. The summed E-state index contributed by atoms with van der Waals surface area (Å²) in [5.41, 5.74) is -0.425. The summed E-state index contributed by atoms with van der Waals surface area (Å²) < 4.78 is 5.18. The molecule has 19 heavy (non-hydrogen) atoms. The van der Waals surface area contributed by atoms with Crippen molar-refractivity contribution in [2.45, 2.75) is 26.3 Å². The van der Waals surface area contributed by atoms with E-state index < -0.39 is 23.3 Å². The zero-order valence-electron chi connectivity index (χ0n) is 11.4. The molecule has 0 bridgehead atoms. The lowest BCUT2D eigenvalue weighted by Crippen LogP contribution is -2.52. The number of rotatable bonds is 4. The van der Waals surface area contributed by atoms with Gasteiger partial charge in [-0.05, 0) is 18.9 Å². The van der Waals surface area contributed by atoms with Crippen LogP contribution in [-0.2, 0) is 14.3 Å². The number of aliphatic carboxylic acids is 1. The Labute approximate surface area is 112 Å². The average Bonchev–Trinajstić information content (AvgIpc) is 2.97. The van der Waals surface area contributed by atoms with Crippen molar-refractivity contribution >= 4 is 11.9 Å². The topological polar surface area (TPSA) is 87.7 Å². The maximum Gasteiger partial charge on any atom is 0.311 e. The minimum atomic E-state index is -0.911. The molecule has 3 N–H and O–H groups in total. The van der Waals surface area contributed by atoms with Gasteiger partial charge < -0.3 is 20.5 Å². The summed E-state index contributed by atoms with van der Waals surface area (Å²) >= 11 is 0. The van der Waals surface area contributed by atoms with Crippen molar-refractivity contribution in [1.29, 1.82) is 0 Å². The van der Waals surface area contributed by atoms with Gasteiger partial charge >= 0.3 is 5.97 Å². The first-order chi connectivity index (χ1) is 8.97. The third-order valence-electron chi connectivity index (χ3n) is 4.46. The highest BCUT2D eigenvalue weighted by Crippen LogP contribution is 2.34. The molecule has 2 aliphatic heterocycles. The molecule has 2 fully saturated rings. The van der Waals surface area contributed by atoms with E-state index in [1.54, 1.807) is 0 Å². The number of amides is 1. The lowest BCUT2D eigenvalue weighted by atomic mass is 9.75. The first-order valence-corrected chi connectivity index (χ1v) is 6.79. The predicted molar refractivity (Wildman–Crippen MR) is 68.6 cm³/mol. The van der Waals surface area contributed by atoms with Gasteiger partial charge in [-0.15, -0.1) is 0 Å². The summed E-state index contributed by atoms with van der Waals surface area (Å²) in [5.74, 6) is -1.38. The van der Waals surface area contributed by atoms with E-state index in [4.69, 9.17) is 9.84 Å². The van der Waals surface area contributed by atoms with E-state index in [-0.39, 0.29) is 25.0 Å². The summed E-state index contributed by atoms with van der Waals surface area (Å²) in [5, 5.41) is 15.2. The van der Waals surface area contributed by atoms with Crippen molar-refractivity contribution in [3.05, 3.63) is 0 Å². The summed E-state index contributed by atoms with van der Waals surface area (Å²) in [7, 11) is 0. The molecule has 2 saturated heterocycles. The third kappa shape index (κ3) is 2.60. The Morgan fingerprint density at radius 2 is 2.16 bits per heavy atom. The Bertz CT molecular complexity index is 364. The quantitative estimate of drug-likeness (QED) is 0.660. The van der Waals surface area contributed by atoms with Crippen molar-refractivity contribution in [2.75, 3.05) is 26.3 Å². The molecular weight excluding hydrogens is 248 g/mol. The van der Waals surface area contributed by atoms with Gasteiger partial charge in [0.05, 0.1) is 24.7 Å². The second kappa shape index (κ2) is 5.46. The van der Waals surface area contributed by atoms with Crippen LogP contribution in [0.2, 0.25) is 0 Å². The monoisotopic (exact) mass is 270 g/mol. The molecular formula is C13H22N2O4. The molecule has 6 heteroatoms. The van der Waals surface area contributed by atoms with Crippen LogP contribution in [0.25, 0.3) is 0 Å². The average molecular weight is 270 g/mol. The van der Waals surface area contributed by atoms with Gasteiger partial charge in [0.2, 0.25) is 5.91 Å². The van der Waals surface area contributed by atoms with E-state index in [0.29, 0.717) is 6.54 Å². The fourth-order valence-electron chi connectivity index (χ4n) is 2.91. The zero-order chi connectivity index (χ0) is 14.0. The highest BCUT2D eigenvalue weighted by molar-refractivity contribution is 5.84. The van der Waals surface area contributed by atoms with Crippen molar-refractivity contribution in [3.8, 4) is 0 Å². The standard InChI is InChI=1S/C13H22N2O4/c1-8(2)13(3-4-14-7-13)12(18)15-10-6-19-5-9(10)11(16)17/h8-10,14H,3-7H2,1-2H3,(H,15,18)(H,16,17). The number of hydrogen-bond acceptors (Lipinski definition) is 4. The number of carboxylic acids is 1. The lowest BCUT2D eigenvalue weighted by Gasteiger charge is -2.32. The molecule has 6 nitrogen and oxygen atoms in total. The number of ether oxygens (including phenoxy) is 1. The van der Waals surface area contributed by atoms with Gasteiger partial charge in [0.1, 0.15) is 5.92 Å². The molecule has 108 valence electrons. The molecule has 0 aromatic carbocycles. The van der Waals surface area contributed by atoms with Gasteiger partial charge in [0, 0.05) is 6.54 Å². The molecule has 2 heterocycles. The number of carbonyl (C=O) groups is 2. The highest BCUT2D eigenvalue weighted by atomic mass is 16.5. The van der Waals surface area contributed by atoms with Gasteiger partial charge in [-0.1, -0.05) is 13.8 Å². The number of nitrogens with one attached hydrogen (secondary N) is 2. The van der Waals surface area contributed by atoms with Crippen LogP contribution >= 0.6 is 0 Å². The van der Waals surface area contributed by atoms with E-state index in [9.17, 15) is 9.59 Å². The number of carbonyl (C=O) groups excluding carboxylic acids is 1. The fraction of sp³-hybridized carbons (Fsp3) is 0.846. The van der Waals surface area contributed by atoms with Crippen molar-refractivity contribution in [2.24, 2.45) is 17.3 Å². The molecule has 0 saturated carbocycles. The van der Waals surface area contributed by atoms with Crippen LogP contribution < -0.4 is 10.6 Å². The second-order valence-electron chi connectivity index (χ2n) is 5.80. The minimum Gasteiger partial charge on any atom is -0.481 e. The minimum absolute atomic E-state index is 0.0470. The molecule has 2 rings (SSSR count). The summed E-state index contributed by atoms with van der Waals surface area (Å²) in [6, 6.07) is -0.416. The lowest BCUT2D eigenvalue weighted by molar-refractivity contribution is -0.142. The van der Waals surface area contributed by atoms with Gasteiger partial charge in [0.25, 0.3) is 0 Å². The van der Waals surface area contributed by atoms with Crippen molar-refractivity contribution in [1.82, 2.24) is 10.6 Å². The molecule has 0 aromatic rings. The van der Waals surface area contributed by atoms with Crippen LogP contribution in [0.3, 0.4) is 0 Å². The molecule has 3 unspecified atom stereocenters. The van der Waals surface area contributed by atoms with Crippen LogP contribution in [0.4, 0.5) is 0 Å². The normalized spacial score (nSPS) is 34.7. The van der Waals surface area contributed by atoms with E-state index in [1.165, 1.54) is 0 Å². The highest BCUT2D eigenvalue weighted by Gasteiger charge is 2.46. The van der Waals surface area contributed by atoms with E-state index in [1.807, 2.05) is 13.8 Å². The maximum absolute atomic E-state index is 12.5. The first kappa shape index (κ1) is 14.3. The Kier molecular flexibility index (Phi) is 4.10.